The maximum atomic E-state index is 12.7. The molecule has 0 saturated carbocycles. The Balaban J connectivity index is 1.60. The van der Waals surface area contributed by atoms with Gasteiger partial charge in [0.25, 0.3) is 0 Å². The summed E-state index contributed by atoms with van der Waals surface area (Å²) in [5.74, 6) is 2.50. The Morgan fingerprint density at radius 1 is 1.03 bits per heavy atom. The summed E-state index contributed by atoms with van der Waals surface area (Å²) in [5, 5.41) is 4.08. The third kappa shape index (κ3) is 3.49. The molecule has 150 valence electrons. The fourth-order valence-electron chi connectivity index (χ4n) is 3.45. The number of hydrogen-bond donors (Lipinski definition) is 0. The number of hydrogen-bond acceptors (Lipinski definition) is 7. The Bertz CT molecular complexity index is 1030. The molecule has 0 bridgehead atoms. The summed E-state index contributed by atoms with van der Waals surface area (Å²) in [6, 6.07) is 12.8. The molecule has 2 aromatic carbocycles. The van der Waals surface area contributed by atoms with Gasteiger partial charge in [-0.1, -0.05) is 17.3 Å². The highest BCUT2D eigenvalue weighted by Crippen LogP contribution is 2.38. The van der Waals surface area contributed by atoms with E-state index in [0.29, 0.717) is 41.2 Å². The first-order chi connectivity index (χ1) is 14.1. The second-order valence-electron chi connectivity index (χ2n) is 6.60. The number of methoxy groups -OCH3 is 3. The van der Waals surface area contributed by atoms with E-state index in [0.717, 1.165) is 5.56 Å². The maximum absolute atomic E-state index is 12.7. The number of nitrogens with zero attached hydrogens (tertiary/aromatic N) is 3. The maximum Gasteiger partial charge on any atom is 0.232 e. The van der Waals surface area contributed by atoms with E-state index < -0.39 is 0 Å². The number of para-hydroxylation sites is 1. The summed E-state index contributed by atoms with van der Waals surface area (Å²) >= 11 is 0. The van der Waals surface area contributed by atoms with Crippen LogP contribution >= 0.6 is 0 Å². The van der Waals surface area contributed by atoms with Gasteiger partial charge in [0.2, 0.25) is 17.6 Å². The smallest absolute Gasteiger partial charge is 0.232 e. The van der Waals surface area contributed by atoms with Crippen molar-refractivity contribution in [3.63, 3.8) is 0 Å². The third-order valence-corrected chi connectivity index (χ3v) is 4.94. The molecule has 1 saturated heterocycles. The van der Waals surface area contributed by atoms with Crippen molar-refractivity contribution in [3.05, 3.63) is 48.4 Å². The molecule has 0 spiro atoms. The van der Waals surface area contributed by atoms with E-state index in [1.54, 1.807) is 44.4 Å². The summed E-state index contributed by atoms with van der Waals surface area (Å²) in [6.07, 6.45) is 0.272. The highest BCUT2D eigenvalue weighted by molar-refractivity contribution is 5.98. The fourth-order valence-corrected chi connectivity index (χ4v) is 3.45. The average molecular weight is 395 g/mol. The van der Waals surface area contributed by atoms with E-state index in [2.05, 4.69) is 10.1 Å². The third-order valence-electron chi connectivity index (χ3n) is 4.94. The molecule has 1 unspecified atom stereocenters. The van der Waals surface area contributed by atoms with Gasteiger partial charge in [-0.2, -0.15) is 4.98 Å². The van der Waals surface area contributed by atoms with Crippen LogP contribution in [-0.2, 0) is 4.79 Å². The van der Waals surface area contributed by atoms with Crippen LogP contribution in [0.15, 0.2) is 47.0 Å². The molecule has 0 N–H and O–H groups in total. The lowest BCUT2D eigenvalue weighted by Gasteiger charge is -2.20. The number of rotatable bonds is 6. The molecule has 3 aromatic rings. The monoisotopic (exact) mass is 395 g/mol. The van der Waals surface area contributed by atoms with E-state index in [1.165, 1.54) is 0 Å². The van der Waals surface area contributed by atoms with Crippen LogP contribution in [0.25, 0.3) is 11.4 Å². The second-order valence-corrected chi connectivity index (χ2v) is 6.60. The molecule has 1 aromatic heterocycles. The van der Waals surface area contributed by atoms with Crippen LogP contribution in [0, 0.1) is 0 Å². The van der Waals surface area contributed by atoms with Gasteiger partial charge in [0.1, 0.15) is 17.2 Å². The molecule has 1 aliphatic rings. The van der Waals surface area contributed by atoms with Gasteiger partial charge in [0, 0.05) is 19.0 Å². The molecular weight excluding hydrogens is 374 g/mol. The molecule has 29 heavy (non-hydrogen) atoms. The minimum absolute atomic E-state index is 0.0430. The number of aromatic nitrogens is 2. The van der Waals surface area contributed by atoms with Crippen LogP contribution < -0.4 is 19.1 Å². The minimum atomic E-state index is -0.214. The van der Waals surface area contributed by atoms with Crippen LogP contribution in [0.2, 0.25) is 0 Å². The zero-order valence-electron chi connectivity index (χ0n) is 16.4. The number of benzene rings is 2. The van der Waals surface area contributed by atoms with Crippen molar-refractivity contribution in [1.29, 1.82) is 0 Å². The molecule has 4 rings (SSSR count). The molecule has 8 nitrogen and oxygen atoms in total. The van der Waals surface area contributed by atoms with E-state index in [4.69, 9.17) is 18.7 Å². The number of amides is 1. The van der Waals surface area contributed by atoms with Gasteiger partial charge in [-0.25, -0.2) is 0 Å². The molecule has 0 radical (unpaired) electrons. The van der Waals surface area contributed by atoms with Crippen LogP contribution in [0.5, 0.6) is 17.2 Å². The first-order valence-electron chi connectivity index (χ1n) is 9.14. The summed E-state index contributed by atoms with van der Waals surface area (Å²) in [5.41, 5.74) is 1.39. The highest BCUT2D eigenvalue weighted by atomic mass is 16.5. The van der Waals surface area contributed by atoms with Crippen molar-refractivity contribution < 1.29 is 23.5 Å². The van der Waals surface area contributed by atoms with Crippen LogP contribution in [-0.4, -0.2) is 43.9 Å². The van der Waals surface area contributed by atoms with Gasteiger partial charge in [-0.15, -0.1) is 0 Å². The Morgan fingerprint density at radius 3 is 2.59 bits per heavy atom. The molecule has 2 heterocycles. The summed E-state index contributed by atoms with van der Waals surface area (Å²) in [4.78, 5) is 18.9. The van der Waals surface area contributed by atoms with Crippen molar-refractivity contribution in [2.75, 3.05) is 32.8 Å². The van der Waals surface area contributed by atoms with E-state index in [9.17, 15) is 4.79 Å². The topological polar surface area (TPSA) is 86.9 Å². The predicted molar refractivity (Wildman–Crippen MR) is 106 cm³/mol. The lowest BCUT2D eigenvalue weighted by molar-refractivity contribution is -0.117. The van der Waals surface area contributed by atoms with E-state index in [1.807, 2.05) is 24.3 Å². The zero-order valence-corrected chi connectivity index (χ0v) is 16.4. The van der Waals surface area contributed by atoms with Crippen LogP contribution in [0.4, 0.5) is 5.69 Å². The molecule has 0 aliphatic carbocycles. The van der Waals surface area contributed by atoms with Crippen molar-refractivity contribution in [2.45, 2.75) is 12.3 Å². The first-order valence-corrected chi connectivity index (χ1v) is 9.14. The van der Waals surface area contributed by atoms with Gasteiger partial charge < -0.3 is 23.6 Å². The lowest BCUT2D eigenvalue weighted by atomic mass is 10.1. The molecule has 1 aliphatic heterocycles. The predicted octanol–water partition coefficient (Wildman–Crippen LogP) is 3.28. The van der Waals surface area contributed by atoms with Crippen molar-refractivity contribution in [3.8, 4) is 28.6 Å². The van der Waals surface area contributed by atoms with Crippen molar-refractivity contribution >= 4 is 11.6 Å². The normalized spacial score (nSPS) is 16.2. The number of carbonyl (C=O) groups is 1. The largest absolute Gasteiger partial charge is 0.497 e. The summed E-state index contributed by atoms with van der Waals surface area (Å²) in [6.45, 7) is 0.413. The Kier molecular flexibility index (Phi) is 5.07. The molecule has 1 amide bonds. The van der Waals surface area contributed by atoms with Crippen LogP contribution in [0.1, 0.15) is 18.2 Å². The summed E-state index contributed by atoms with van der Waals surface area (Å²) in [7, 11) is 4.74. The zero-order chi connectivity index (χ0) is 20.4. The molecule has 1 atom stereocenters. The number of ether oxygens (including phenoxy) is 3. The Morgan fingerprint density at radius 2 is 1.83 bits per heavy atom. The van der Waals surface area contributed by atoms with Gasteiger partial charge in [0.05, 0.1) is 38.5 Å². The van der Waals surface area contributed by atoms with Gasteiger partial charge >= 0.3 is 0 Å². The molecule has 1 fully saturated rings. The Labute approximate surface area is 168 Å². The number of anilines is 1. The standard InChI is InChI=1S/C21H21N3O5/c1-26-14-8-9-18(28-3)16(11-14)24-12-13(10-19(24)25)21-22-20(23-29-21)15-6-4-5-7-17(15)27-2/h4-9,11,13H,10,12H2,1-3H3. The summed E-state index contributed by atoms with van der Waals surface area (Å²) < 4.78 is 21.6. The molecule has 8 heteroatoms. The van der Waals surface area contributed by atoms with Crippen LogP contribution in [0.3, 0.4) is 0 Å². The SMILES string of the molecule is COc1ccc(OC)c(N2CC(c3nc(-c4ccccc4OC)no3)CC2=O)c1. The lowest BCUT2D eigenvalue weighted by Crippen LogP contribution is -2.24. The highest BCUT2D eigenvalue weighted by Gasteiger charge is 2.36. The first kappa shape index (κ1) is 18.8. The quantitative estimate of drug-likeness (QED) is 0.633. The van der Waals surface area contributed by atoms with Crippen molar-refractivity contribution in [2.24, 2.45) is 0 Å². The van der Waals surface area contributed by atoms with Crippen molar-refractivity contribution in [1.82, 2.24) is 10.1 Å². The van der Waals surface area contributed by atoms with E-state index >= 15 is 0 Å². The van der Waals surface area contributed by atoms with Gasteiger partial charge in [0.15, 0.2) is 0 Å². The average Bonchev–Trinajstić information content (AvgIpc) is 3.40. The van der Waals surface area contributed by atoms with Gasteiger partial charge in [-0.3, -0.25) is 4.79 Å². The second kappa shape index (κ2) is 7.83. The Hall–Kier alpha value is -3.55. The fraction of sp³-hybridized carbons (Fsp3) is 0.286. The van der Waals surface area contributed by atoms with E-state index in [-0.39, 0.29) is 18.2 Å². The molecular formula is C21H21N3O5. The minimum Gasteiger partial charge on any atom is -0.497 e. The van der Waals surface area contributed by atoms with Gasteiger partial charge in [-0.05, 0) is 24.3 Å². The number of carbonyl (C=O) groups excluding carboxylic acids is 1.